The van der Waals surface area contributed by atoms with Crippen molar-refractivity contribution in [1.29, 1.82) is 0 Å². The molecular weight excluding hydrogens is 488 g/mol. The molecule has 5 nitrogen and oxygen atoms in total. The van der Waals surface area contributed by atoms with E-state index in [0.29, 0.717) is 23.0 Å². The first-order valence-corrected chi connectivity index (χ1v) is 12.2. The molecule has 1 fully saturated rings. The standard InChI is InChI=1S/C25H29BrN2O3S/c1-15(2)27-25-28(16(3)4)24(29)22(32-25)13-19-11-20(26)23(21(12-19)30-6)31-14-18-9-7-17(5)8-10-18/h7-13,15-16H,14H2,1-6H3/b22-13+,27-25?. The van der Waals surface area contributed by atoms with E-state index in [-0.39, 0.29) is 18.0 Å². The minimum absolute atomic E-state index is 0.0285. The Bertz CT molecular complexity index is 1050. The number of aryl methyl sites for hydroxylation is 1. The average molecular weight is 517 g/mol. The van der Waals surface area contributed by atoms with Gasteiger partial charge >= 0.3 is 0 Å². The van der Waals surface area contributed by atoms with Crippen molar-refractivity contribution < 1.29 is 14.3 Å². The third-order valence-electron chi connectivity index (χ3n) is 4.78. The van der Waals surface area contributed by atoms with Gasteiger partial charge in [0.2, 0.25) is 0 Å². The van der Waals surface area contributed by atoms with E-state index in [1.54, 1.807) is 12.0 Å². The van der Waals surface area contributed by atoms with Gasteiger partial charge in [-0.3, -0.25) is 14.7 Å². The zero-order chi connectivity index (χ0) is 23.4. The van der Waals surface area contributed by atoms with Crippen LogP contribution in [0.4, 0.5) is 0 Å². The van der Waals surface area contributed by atoms with Gasteiger partial charge in [-0.05, 0) is 91.6 Å². The number of amides is 1. The topological polar surface area (TPSA) is 51.1 Å². The summed E-state index contributed by atoms with van der Waals surface area (Å²) in [5, 5.41) is 0.746. The maximum absolute atomic E-state index is 13.0. The number of halogens is 1. The van der Waals surface area contributed by atoms with E-state index in [4.69, 9.17) is 9.47 Å². The van der Waals surface area contributed by atoms with Gasteiger partial charge in [0.05, 0.1) is 16.5 Å². The van der Waals surface area contributed by atoms with E-state index < -0.39 is 0 Å². The monoisotopic (exact) mass is 516 g/mol. The van der Waals surface area contributed by atoms with E-state index in [2.05, 4.69) is 40.0 Å². The highest BCUT2D eigenvalue weighted by molar-refractivity contribution is 9.10. The smallest absolute Gasteiger partial charge is 0.266 e. The number of carbonyl (C=O) groups excluding carboxylic acids is 1. The third-order valence-corrected chi connectivity index (χ3v) is 6.36. The molecule has 0 unspecified atom stereocenters. The summed E-state index contributed by atoms with van der Waals surface area (Å²) in [5.41, 5.74) is 3.14. The van der Waals surface area contributed by atoms with Crippen LogP contribution in [0.25, 0.3) is 6.08 Å². The van der Waals surface area contributed by atoms with Crippen LogP contribution in [0, 0.1) is 6.92 Å². The van der Waals surface area contributed by atoms with Gasteiger partial charge in [-0.2, -0.15) is 0 Å². The molecule has 1 amide bonds. The zero-order valence-electron chi connectivity index (χ0n) is 19.3. The summed E-state index contributed by atoms with van der Waals surface area (Å²) in [7, 11) is 1.61. The molecule has 1 saturated heterocycles. The van der Waals surface area contributed by atoms with Crippen molar-refractivity contribution in [3.8, 4) is 11.5 Å². The quantitative estimate of drug-likeness (QED) is 0.397. The lowest BCUT2D eigenvalue weighted by atomic mass is 10.1. The second-order valence-corrected chi connectivity index (χ2v) is 10.1. The van der Waals surface area contributed by atoms with Crippen molar-refractivity contribution in [3.05, 3.63) is 62.5 Å². The van der Waals surface area contributed by atoms with Gasteiger partial charge in [0.1, 0.15) is 6.61 Å². The minimum atomic E-state index is -0.0285. The van der Waals surface area contributed by atoms with Crippen LogP contribution in [-0.2, 0) is 11.4 Å². The Hall–Kier alpha value is -2.25. The number of thioether (sulfide) groups is 1. The highest BCUT2D eigenvalue weighted by atomic mass is 79.9. The fourth-order valence-electron chi connectivity index (χ4n) is 3.21. The van der Waals surface area contributed by atoms with Crippen LogP contribution < -0.4 is 9.47 Å². The van der Waals surface area contributed by atoms with E-state index in [0.717, 1.165) is 20.8 Å². The Morgan fingerprint density at radius 2 is 1.84 bits per heavy atom. The van der Waals surface area contributed by atoms with Gasteiger partial charge in [0, 0.05) is 12.1 Å². The number of amidine groups is 1. The molecule has 1 aliphatic heterocycles. The molecule has 0 atom stereocenters. The first-order valence-electron chi connectivity index (χ1n) is 10.6. The molecule has 3 rings (SSSR count). The number of nitrogens with zero attached hydrogens (tertiary/aromatic N) is 2. The van der Waals surface area contributed by atoms with Crippen LogP contribution in [0.2, 0.25) is 0 Å². The summed E-state index contributed by atoms with van der Waals surface area (Å²) in [6.07, 6.45) is 1.88. The van der Waals surface area contributed by atoms with Crippen LogP contribution in [0.15, 0.2) is 50.8 Å². The SMILES string of the molecule is COc1cc(/C=C2/SC(=NC(C)C)N(C(C)C)C2=O)cc(Br)c1OCc1ccc(C)cc1. The molecule has 1 heterocycles. The fraction of sp³-hybridized carbons (Fsp3) is 0.360. The van der Waals surface area contributed by atoms with Gasteiger partial charge < -0.3 is 9.47 Å². The van der Waals surface area contributed by atoms with Crippen molar-refractivity contribution >= 4 is 44.8 Å². The second kappa shape index (κ2) is 10.6. The molecule has 2 aromatic rings. The van der Waals surface area contributed by atoms with Crippen LogP contribution in [0.1, 0.15) is 44.4 Å². The third kappa shape index (κ3) is 5.75. The van der Waals surface area contributed by atoms with Crippen molar-refractivity contribution in [3.63, 3.8) is 0 Å². The van der Waals surface area contributed by atoms with Gasteiger partial charge in [-0.1, -0.05) is 29.8 Å². The fourth-order valence-corrected chi connectivity index (χ4v) is 5.01. The number of methoxy groups -OCH3 is 1. The first-order chi connectivity index (χ1) is 15.2. The summed E-state index contributed by atoms with van der Waals surface area (Å²) in [6, 6.07) is 12.2. The summed E-state index contributed by atoms with van der Waals surface area (Å²) >= 11 is 5.02. The minimum Gasteiger partial charge on any atom is -0.493 e. The molecule has 0 bridgehead atoms. The summed E-state index contributed by atoms with van der Waals surface area (Å²) < 4.78 is 12.4. The molecule has 32 heavy (non-hydrogen) atoms. The number of hydrogen-bond acceptors (Lipinski definition) is 5. The molecule has 0 radical (unpaired) electrons. The lowest BCUT2D eigenvalue weighted by Gasteiger charge is -2.20. The second-order valence-electron chi connectivity index (χ2n) is 8.19. The van der Waals surface area contributed by atoms with E-state index in [1.807, 2.05) is 58.0 Å². The van der Waals surface area contributed by atoms with Crippen molar-refractivity contribution in [2.45, 2.75) is 53.3 Å². The summed E-state index contributed by atoms with van der Waals surface area (Å²) in [4.78, 5) is 20.0. The maximum Gasteiger partial charge on any atom is 0.266 e. The van der Waals surface area contributed by atoms with Crippen molar-refractivity contribution in [2.75, 3.05) is 7.11 Å². The number of benzene rings is 2. The van der Waals surface area contributed by atoms with Gasteiger partial charge in [-0.25, -0.2) is 0 Å². The number of ether oxygens (including phenoxy) is 2. The van der Waals surface area contributed by atoms with Gasteiger partial charge in [0.15, 0.2) is 16.7 Å². The Labute approximate surface area is 203 Å². The molecule has 0 saturated carbocycles. The number of carbonyl (C=O) groups is 1. The highest BCUT2D eigenvalue weighted by Crippen LogP contribution is 2.40. The predicted octanol–water partition coefficient (Wildman–Crippen LogP) is 6.43. The molecule has 0 aliphatic carbocycles. The van der Waals surface area contributed by atoms with Crippen LogP contribution >= 0.6 is 27.7 Å². The predicted molar refractivity (Wildman–Crippen MR) is 136 cm³/mol. The van der Waals surface area contributed by atoms with Crippen molar-refractivity contribution in [2.24, 2.45) is 4.99 Å². The van der Waals surface area contributed by atoms with Crippen LogP contribution in [0.5, 0.6) is 11.5 Å². The lowest BCUT2D eigenvalue weighted by molar-refractivity contribution is -0.123. The normalized spacial score (nSPS) is 16.7. The molecule has 2 aromatic carbocycles. The molecule has 7 heteroatoms. The first kappa shape index (κ1) is 24.4. The van der Waals surface area contributed by atoms with E-state index in [1.165, 1.54) is 17.3 Å². The lowest BCUT2D eigenvalue weighted by Crippen LogP contribution is -2.35. The average Bonchev–Trinajstić information content (AvgIpc) is 3.02. The number of rotatable bonds is 7. The number of hydrogen-bond donors (Lipinski definition) is 0. The van der Waals surface area contributed by atoms with Crippen LogP contribution in [0.3, 0.4) is 0 Å². The molecule has 170 valence electrons. The maximum atomic E-state index is 13.0. The van der Waals surface area contributed by atoms with Crippen molar-refractivity contribution in [1.82, 2.24) is 4.90 Å². The van der Waals surface area contributed by atoms with Gasteiger partial charge in [0.25, 0.3) is 5.91 Å². The van der Waals surface area contributed by atoms with Gasteiger partial charge in [-0.15, -0.1) is 0 Å². The summed E-state index contributed by atoms with van der Waals surface area (Å²) in [5.74, 6) is 1.20. The molecule has 0 N–H and O–H groups in total. The molecule has 0 aromatic heterocycles. The Kier molecular flexibility index (Phi) is 8.06. The van der Waals surface area contributed by atoms with Crippen LogP contribution in [-0.4, -0.2) is 35.2 Å². The molecular formula is C25H29BrN2O3S. The zero-order valence-corrected chi connectivity index (χ0v) is 21.7. The highest BCUT2D eigenvalue weighted by Gasteiger charge is 2.35. The molecule has 1 aliphatic rings. The van der Waals surface area contributed by atoms with E-state index >= 15 is 0 Å². The Morgan fingerprint density at radius 1 is 1.16 bits per heavy atom. The largest absolute Gasteiger partial charge is 0.493 e. The Balaban J connectivity index is 1.87. The Morgan fingerprint density at radius 3 is 2.44 bits per heavy atom. The number of aliphatic imine (C=N–C) groups is 1. The van der Waals surface area contributed by atoms with E-state index in [9.17, 15) is 4.79 Å². The molecule has 0 spiro atoms. The summed E-state index contributed by atoms with van der Waals surface area (Å²) in [6.45, 7) is 10.5.